The molecule has 0 bridgehead atoms. The third-order valence-corrected chi connectivity index (χ3v) is 3.15. The molecule has 1 atom stereocenters. The van der Waals surface area contributed by atoms with Crippen molar-refractivity contribution in [2.45, 2.75) is 12.6 Å². The van der Waals surface area contributed by atoms with Crippen molar-refractivity contribution < 1.29 is 19.0 Å². The number of carbonyl (C=O) groups is 1. The third kappa shape index (κ3) is 3.79. The Morgan fingerprint density at radius 2 is 1.90 bits per heavy atom. The van der Waals surface area contributed by atoms with Gasteiger partial charge in [-0.2, -0.15) is 0 Å². The smallest absolute Gasteiger partial charge is 0.325 e. The lowest BCUT2D eigenvalue weighted by Gasteiger charge is -2.15. The van der Waals surface area contributed by atoms with Crippen LogP contribution >= 0.6 is 0 Å². The number of rotatable bonds is 6. The molecule has 0 aliphatic carbocycles. The molecule has 0 saturated heterocycles. The number of nitrogens with one attached hydrogen (secondary N) is 1. The minimum absolute atomic E-state index is 0.135. The van der Waals surface area contributed by atoms with Crippen LogP contribution < -0.4 is 10.1 Å². The van der Waals surface area contributed by atoms with Gasteiger partial charge in [0, 0.05) is 12.1 Å². The summed E-state index contributed by atoms with van der Waals surface area (Å²) in [6.07, 6.45) is 0. The Morgan fingerprint density at radius 3 is 2.48 bits per heavy atom. The van der Waals surface area contributed by atoms with Crippen molar-refractivity contribution in [3.05, 3.63) is 65.5 Å². The van der Waals surface area contributed by atoms with Gasteiger partial charge in [-0.3, -0.25) is 10.1 Å². The number of hydrogen-bond acceptors (Lipinski definition) is 3. The average Bonchev–Trinajstić information content (AvgIpc) is 2.49. The van der Waals surface area contributed by atoms with E-state index in [4.69, 9.17) is 4.74 Å². The van der Waals surface area contributed by atoms with Crippen LogP contribution in [0.3, 0.4) is 0 Å². The molecule has 2 aromatic carbocycles. The van der Waals surface area contributed by atoms with Gasteiger partial charge in [0.25, 0.3) is 0 Å². The molecule has 0 spiro atoms. The van der Waals surface area contributed by atoms with Gasteiger partial charge in [-0.1, -0.05) is 30.3 Å². The summed E-state index contributed by atoms with van der Waals surface area (Å²) in [6, 6.07) is 12.1. The summed E-state index contributed by atoms with van der Waals surface area (Å²) in [7, 11) is 1.54. The molecule has 0 aliphatic heterocycles. The Bertz CT molecular complexity index is 613. The average molecular weight is 289 g/mol. The van der Waals surface area contributed by atoms with Gasteiger partial charge >= 0.3 is 5.97 Å². The second kappa shape index (κ2) is 6.85. The van der Waals surface area contributed by atoms with E-state index in [1.54, 1.807) is 49.6 Å². The first-order chi connectivity index (χ1) is 10.1. The highest BCUT2D eigenvalue weighted by molar-refractivity contribution is 5.75. The van der Waals surface area contributed by atoms with Crippen molar-refractivity contribution in [1.29, 1.82) is 0 Å². The van der Waals surface area contributed by atoms with Crippen LogP contribution in [0.5, 0.6) is 5.75 Å². The number of benzene rings is 2. The maximum absolute atomic E-state index is 13.5. The SMILES string of the molecule is COc1ccc(C(NCc2ccccc2F)C(=O)O)cc1. The molecule has 0 fully saturated rings. The standard InChI is InChI=1S/C16H16FNO3/c1-21-13-8-6-11(7-9-13)15(16(19)20)18-10-12-4-2-3-5-14(12)17/h2-9,15,18H,10H2,1H3,(H,19,20). The number of halogens is 1. The van der Waals surface area contributed by atoms with Crippen molar-refractivity contribution in [1.82, 2.24) is 5.32 Å². The highest BCUT2D eigenvalue weighted by atomic mass is 19.1. The molecule has 21 heavy (non-hydrogen) atoms. The van der Waals surface area contributed by atoms with Crippen LogP contribution in [0, 0.1) is 5.82 Å². The lowest BCUT2D eigenvalue weighted by Crippen LogP contribution is -2.28. The fourth-order valence-electron chi connectivity index (χ4n) is 2.00. The first-order valence-corrected chi connectivity index (χ1v) is 6.45. The first-order valence-electron chi connectivity index (χ1n) is 6.45. The third-order valence-electron chi connectivity index (χ3n) is 3.15. The van der Waals surface area contributed by atoms with Gasteiger partial charge in [0.2, 0.25) is 0 Å². The monoisotopic (exact) mass is 289 g/mol. The van der Waals surface area contributed by atoms with Crippen molar-refractivity contribution in [3.8, 4) is 5.75 Å². The van der Waals surface area contributed by atoms with Crippen LogP contribution in [-0.4, -0.2) is 18.2 Å². The zero-order valence-electron chi connectivity index (χ0n) is 11.5. The van der Waals surface area contributed by atoms with Crippen molar-refractivity contribution in [3.63, 3.8) is 0 Å². The maximum atomic E-state index is 13.5. The minimum Gasteiger partial charge on any atom is -0.497 e. The first kappa shape index (κ1) is 15.0. The fourth-order valence-corrected chi connectivity index (χ4v) is 2.00. The molecule has 0 amide bonds. The van der Waals surface area contributed by atoms with Crippen LogP contribution in [0.1, 0.15) is 17.2 Å². The molecule has 0 aromatic heterocycles. The van der Waals surface area contributed by atoms with Gasteiger partial charge in [-0.25, -0.2) is 4.39 Å². The molecule has 1 unspecified atom stereocenters. The van der Waals surface area contributed by atoms with E-state index >= 15 is 0 Å². The van der Waals surface area contributed by atoms with Crippen LogP contribution in [0.4, 0.5) is 4.39 Å². The van der Waals surface area contributed by atoms with Gasteiger partial charge in [-0.15, -0.1) is 0 Å². The highest BCUT2D eigenvalue weighted by Crippen LogP contribution is 2.19. The van der Waals surface area contributed by atoms with Crippen LogP contribution in [0.15, 0.2) is 48.5 Å². The Labute approximate surface area is 122 Å². The van der Waals surface area contributed by atoms with Gasteiger partial charge in [0.15, 0.2) is 0 Å². The molecular formula is C16H16FNO3. The fraction of sp³-hybridized carbons (Fsp3) is 0.188. The van der Waals surface area contributed by atoms with E-state index < -0.39 is 12.0 Å². The number of carboxylic acid groups (broad SMARTS) is 1. The molecule has 0 heterocycles. The topological polar surface area (TPSA) is 58.6 Å². The minimum atomic E-state index is -1.02. The van der Waals surface area contributed by atoms with E-state index in [2.05, 4.69) is 5.32 Å². The van der Waals surface area contributed by atoms with Crippen molar-refractivity contribution in [2.75, 3.05) is 7.11 Å². The van der Waals surface area contributed by atoms with Gasteiger partial charge in [0.05, 0.1) is 7.11 Å². The predicted octanol–water partition coefficient (Wildman–Crippen LogP) is 2.75. The van der Waals surface area contributed by atoms with Gasteiger partial charge in [0.1, 0.15) is 17.6 Å². The number of carboxylic acids is 1. The Morgan fingerprint density at radius 1 is 1.24 bits per heavy atom. The molecule has 110 valence electrons. The molecule has 2 aromatic rings. The van der Waals surface area contributed by atoms with Crippen molar-refractivity contribution in [2.24, 2.45) is 0 Å². The summed E-state index contributed by atoms with van der Waals surface area (Å²) in [6.45, 7) is 0.135. The number of aliphatic carboxylic acids is 1. The Hall–Kier alpha value is -2.40. The summed E-state index contributed by atoms with van der Waals surface area (Å²) in [5.74, 6) is -0.725. The van der Waals surface area contributed by atoms with E-state index in [1.165, 1.54) is 6.07 Å². The van der Waals surface area contributed by atoms with Gasteiger partial charge < -0.3 is 9.84 Å². The molecule has 0 aliphatic rings. The van der Waals surface area contributed by atoms with Crippen molar-refractivity contribution >= 4 is 5.97 Å². The highest BCUT2D eigenvalue weighted by Gasteiger charge is 2.19. The van der Waals surface area contributed by atoms with E-state index in [0.717, 1.165) is 0 Å². The summed E-state index contributed by atoms with van der Waals surface area (Å²) in [5, 5.41) is 12.2. The van der Waals surface area contributed by atoms with Crippen LogP contribution in [-0.2, 0) is 11.3 Å². The van der Waals surface area contributed by atoms with E-state index in [-0.39, 0.29) is 12.4 Å². The summed E-state index contributed by atoms with van der Waals surface area (Å²) in [4.78, 5) is 11.4. The molecule has 4 nitrogen and oxygen atoms in total. The Kier molecular flexibility index (Phi) is 4.90. The normalized spacial score (nSPS) is 11.9. The van der Waals surface area contributed by atoms with Crippen LogP contribution in [0.25, 0.3) is 0 Å². The predicted molar refractivity (Wildman–Crippen MR) is 76.6 cm³/mol. The number of ether oxygens (including phenoxy) is 1. The summed E-state index contributed by atoms with van der Waals surface area (Å²) >= 11 is 0. The number of methoxy groups -OCH3 is 1. The molecule has 0 saturated carbocycles. The zero-order valence-corrected chi connectivity index (χ0v) is 11.5. The molecule has 0 radical (unpaired) electrons. The van der Waals surface area contributed by atoms with Crippen LogP contribution in [0.2, 0.25) is 0 Å². The summed E-state index contributed by atoms with van der Waals surface area (Å²) in [5.41, 5.74) is 1.01. The lowest BCUT2D eigenvalue weighted by atomic mass is 10.1. The van der Waals surface area contributed by atoms with E-state index in [9.17, 15) is 14.3 Å². The second-order valence-electron chi connectivity index (χ2n) is 4.52. The maximum Gasteiger partial charge on any atom is 0.325 e. The largest absolute Gasteiger partial charge is 0.497 e. The molecular weight excluding hydrogens is 273 g/mol. The quantitative estimate of drug-likeness (QED) is 0.858. The van der Waals surface area contributed by atoms with E-state index in [1.807, 2.05) is 0 Å². The molecule has 5 heteroatoms. The molecule has 2 rings (SSSR count). The molecule has 2 N–H and O–H groups in total. The number of hydrogen-bond donors (Lipinski definition) is 2. The summed E-state index contributed by atoms with van der Waals surface area (Å²) < 4.78 is 18.6. The van der Waals surface area contributed by atoms with Gasteiger partial charge in [-0.05, 0) is 23.8 Å². The lowest BCUT2D eigenvalue weighted by molar-refractivity contribution is -0.139. The Balaban J connectivity index is 2.12. The second-order valence-corrected chi connectivity index (χ2v) is 4.52. The van der Waals surface area contributed by atoms with E-state index in [0.29, 0.717) is 16.9 Å². The zero-order chi connectivity index (χ0) is 15.2.